The van der Waals surface area contributed by atoms with Crippen molar-refractivity contribution < 1.29 is 19.4 Å². The van der Waals surface area contributed by atoms with Gasteiger partial charge in [0.25, 0.3) is 0 Å². The molecule has 0 aromatic heterocycles. The molecule has 0 aliphatic heterocycles. The summed E-state index contributed by atoms with van der Waals surface area (Å²) >= 11 is 0. The Bertz CT molecular complexity index is 177. The molecule has 0 amide bonds. The lowest BCUT2D eigenvalue weighted by Crippen LogP contribution is -2.05. The molecule has 0 rings (SSSR count). The monoisotopic (exact) mass is 202 g/mol. The van der Waals surface area contributed by atoms with E-state index in [1.54, 1.807) is 0 Å². The average molecular weight is 202 g/mol. The summed E-state index contributed by atoms with van der Waals surface area (Å²) in [5.41, 5.74) is 0. The van der Waals surface area contributed by atoms with Crippen LogP contribution < -0.4 is 0 Å². The second-order valence-corrected chi connectivity index (χ2v) is 3.15. The van der Waals surface area contributed by atoms with E-state index in [1.807, 2.05) is 0 Å². The van der Waals surface area contributed by atoms with Gasteiger partial charge in [0, 0.05) is 19.4 Å². The molecular formula is C10H18O4. The van der Waals surface area contributed by atoms with E-state index >= 15 is 0 Å². The maximum atomic E-state index is 11.2. The lowest BCUT2D eigenvalue weighted by Gasteiger charge is -1.99. The molecule has 14 heavy (non-hydrogen) atoms. The van der Waals surface area contributed by atoms with Crippen LogP contribution in [0.4, 0.5) is 0 Å². The molecule has 0 aromatic rings. The van der Waals surface area contributed by atoms with Gasteiger partial charge in [0.15, 0.2) is 0 Å². The zero-order valence-corrected chi connectivity index (χ0v) is 8.62. The Balaban J connectivity index is 3.32. The molecule has 0 radical (unpaired) electrons. The number of carbonyl (C=O) groups is 2. The van der Waals surface area contributed by atoms with Crippen molar-refractivity contribution in [3.05, 3.63) is 0 Å². The lowest BCUT2D eigenvalue weighted by molar-refractivity contribution is -0.141. The molecule has 4 heteroatoms. The zero-order valence-electron chi connectivity index (χ0n) is 8.62. The summed E-state index contributed by atoms with van der Waals surface area (Å²) in [5.74, 6) is -0.248. The number of ether oxygens (including phenoxy) is 1. The van der Waals surface area contributed by atoms with Crippen LogP contribution in [0.25, 0.3) is 0 Å². The van der Waals surface area contributed by atoms with Crippen LogP contribution in [-0.2, 0) is 14.3 Å². The first-order chi connectivity index (χ1) is 6.70. The number of hydrogen-bond acceptors (Lipinski definition) is 4. The van der Waals surface area contributed by atoms with Gasteiger partial charge in [-0.05, 0) is 12.8 Å². The van der Waals surface area contributed by atoms with Gasteiger partial charge < -0.3 is 9.84 Å². The van der Waals surface area contributed by atoms with Gasteiger partial charge in [-0.25, -0.2) is 0 Å². The minimum Gasteiger partial charge on any atom is -0.469 e. The molecule has 0 bridgehead atoms. The zero-order chi connectivity index (χ0) is 10.8. The van der Waals surface area contributed by atoms with Gasteiger partial charge in [-0.3, -0.25) is 9.59 Å². The number of hydrogen-bond donors (Lipinski definition) is 1. The molecule has 0 spiro atoms. The second kappa shape index (κ2) is 8.69. The summed E-state index contributed by atoms with van der Waals surface area (Å²) in [4.78, 5) is 21.8. The highest BCUT2D eigenvalue weighted by atomic mass is 16.5. The molecule has 0 fully saturated rings. The molecule has 0 saturated heterocycles. The van der Waals surface area contributed by atoms with Crippen molar-refractivity contribution in [2.24, 2.45) is 0 Å². The third kappa shape index (κ3) is 7.73. The SMILES string of the molecule is COC(=O)CCC(=O)CCCCCO. The Kier molecular flexibility index (Phi) is 8.13. The van der Waals surface area contributed by atoms with Gasteiger partial charge in [0.1, 0.15) is 5.78 Å². The Morgan fingerprint density at radius 1 is 1.07 bits per heavy atom. The summed E-state index contributed by atoms with van der Waals surface area (Å²) in [5, 5.41) is 8.49. The summed E-state index contributed by atoms with van der Waals surface area (Å²) in [6, 6.07) is 0. The van der Waals surface area contributed by atoms with Crippen molar-refractivity contribution in [1.29, 1.82) is 0 Å². The molecule has 0 atom stereocenters. The molecule has 0 aromatic carbocycles. The van der Waals surface area contributed by atoms with Crippen LogP contribution in [0, 0.1) is 0 Å². The van der Waals surface area contributed by atoms with E-state index in [0.29, 0.717) is 6.42 Å². The predicted octanol–water partition coefficient (Wildman–Crippen LogP) is 1.06. The van der Waals surface area contributed by atoms with Crippen molar-refractivity contribution in [2.45, 2.75) is 38.5 Å². The number of methoxy groups -OCH3 is 1. The summed E-state index contributed by atoms with van der Waals surface area (Å²) < 4.78 is 4.42. The normalized spacial score (nSPS) is 9.86. The van der Waals surface area contributed by atoms with Crippen molar-refractivity contribution in [3.63, 3.8) is 0 Å². The fraction of sp³-hybridized carbons (Fsp3) is 0.800. The molecule has 1 N–H and O–H groups in total. The van der Waals surface area contributed by atoms with Crippen LogP contribution in [0.1, 0.15) is 38.5 Å². The standard InChI is InChI=1S/C10H18O4/c1-14-10(13)7-6-9(12)5-3-2-4-8-11/h11H,2-8H2,1H3. The predicted molar refractivity (Wildman–Crippen MR) is 51.8 cm³/mol. The Labute approximate surface area is 84.3 Å². The van der Waals surface area contributed by atoms with Crippen LogP contribution in [0.15, 0.2) is 0 Å². The van der Waals surface area contributed by atoms with E-state index in [0.717, 1.165) is 19.3 Å². The number of esters is 1. The maximum Gasteiger partial charge on any atom is 0.305 e. The molecule has 0 heterocycles. The highest BCUT2D eigenvalue weighted by Crippen LogP contribution is 2.04. The van der Waals surface area contributed by atoms with Crippen LogP contribution in [0.5, 0.6) is 0 Å². The Morgan fingerprint density at radius 2 is 1.79 bits per heavy atom. The van der Waals surface area contributed by atoms with Crippen molar-refractivity contribution in [1.82, 2.24) is 0 Å². The lowest BCUT2D eigenvalue weighted by atomic mass is 10.1. The van der Waals surface area contributed by atoms with Gasteiger partial charge in [-0.2, -0.15) is 0 Å². The van der Waals surface area contributed by atoms with E-state index in [4.69, 9.17) is 5.11 Å². The highest BCUT2D eigenvalue weighted by Gasteiger charge is 2.06. The maximum absolute atomic E-state index is 11.2. The first-order valence-electron chi connectivity index (χ1n) is 4.90. The number of ketones is 1. The van der Waals surface area contributed by atoms with Crippen LogP contribution in [-0.4, -0.2) is 30.6 Å². The van der Waals surface area contributed by atoms with Crippen LogP contribution in [0.2, 0.25) is 0 Å². The van der Waals surface area contributed by atoms with E-state index in [-0.39, 0.29) is 31.2 Å². The van der Waals surface area contributed by atoms with Gasteiger partial charge in [-0.15, -0.1) is 0 Å². The first-order valence-corrected chi connectivity index (χ1v) is 4.90. The van der Waals surface area contributed by atoms with E-state index in [9.17, 15) is 9.59 Å². The minimum atomic E-state index is -0.339. The average Bonchev–Trinajstić information content (AvgIpc) is 2.21. The highest BCUT2D eigenvalue weighted by molar-refractivity contribution is 5.82. The molecule has 0 aliphatic rings. The third-order valence-electron chi connectivity index (χ3n) is 1.95. The quantitative estimate of drug-likeness (QED) is 0.472. The van der Waals surface area contributed by atoms with Crippen molar-refractivity contribution >= 4 is 11.8 Å². The molecular weight excluding hydrogens is 184 g/mol. The number of aliphatic hydroxyl groups is 1. The summed E-state index contributed by atoms with van der Waals surface area (Å²) in [6.07, 6.45) is 3.34. The molecule has 4 nitrogen and oxygen atoms in total. The van der Waals surface area contributed by atoms with Crippen LogP contribution >= 0.6 is 0 Å². The fourth-order valence-electron chi connectivity index (χ4n) is 1.08. The molecule has 0 aliphatic carbocycles. The number of Topliss-reactive ketones (excluding diaryl/α,β-unsaturated/α-hetero) is 1. The largest absolute Gasteiger partial charge is 0.469 e. The Hall–Kier alpha value is -0.900. The molecule has 0 unspecified atom stereocenters. The summed E-state index contributed by atoms with van der Waals surface area (Å²) in [6.45, 7) is 0.177. The summed E-state index contributed by atoms with van der Waals surface area (Å²) in [7, 11) is 1.31. The smallest absolute Gasteiger partial charge is 0.305 e. The third-order valence-corrected chi connectivity index (χ3v) is 1.95. The number of unbranched alkanes of at least 4 members (excludes halogenated alkanes) is 2. The molecule has 82 valence electrons. The fourth-order valence-corrected chi connectivity index (χ4v) is 1.08. The van der Waals surface area contributed by atoms with Crippen molar-refractivity contribution in [3.8, 4) is 0 Å². The molecule has 0 saturated carbocycles. The topological polar surface area (TPSA) is 63.6 Å². The van der Waals surface area contributed by atoms with Crippen molar-refractivity contribution in [2.75, 3.05) is 13.7 Å². The number of carbonyl (C=O) groups excluding carboxylic acids is 2. The van der Waals surface area contributed by atoms with Crippen LogP contribution in [0.3, 0.4) is 0 Å². The first kappa shape index (κ1) is 13.1. The van der Waals surface area contributed by atoms with E-state index in [2.05, 4.69) is 4.74 Å². The van der Waals surface area contributed by atoms with Gasteiger partial charge in [-0.1, -0.05) is 6.42 Å². The number of rotatable bonds is 8. The van der Waals surface area contributed by atoms with Gasteiger partial charge in [0.05, 0.1) is 13.5 Å². The second-order valence-electron chi connectivity index (χ2n) is 3.15. The van der Waals surface area contributed by atoms with Gasteiger partial charge >= 0.3 is 5.97 Å². The number of aliphatic hydroxyl groups excluding tert-OH is 1. The minimum absolute atomic E-state index is 0.0911. The van der Waals surface area contributed by atoms with E-state index < -0.39 is 0 Å². The van der Waals surface area contributed by atoms with Gasteiger partial charge in [0.2, 0.25) is 0 Å². The Morgan fingerprint density at radius 3 is 2.36 bits per heavy atom. The van der Waals surface area contributed by atoms with E-state index in [1.165, 1.54) is 7.11 Å².